The van der Waals surface area contributed by atoms with Crippen LogP contribution in [0.5, 0.6) is 23.0 Å². The predicted molar refractivity (Wildman–Crippen MR) is 439 cm³/mol. The first-order valence-corrected chi connectivity index (χ1v) is 61.9. The monoisotopic (exact) mass is 1670 g/mol. The van der Waals surface area contributed by atoms with Crippen LogP contribution in [0.4, 0.5) is 0 Å². The molecule has 3 fully saturated rings. The fraction of sp³-hybridized carbons (Fsp3) is 0.467. The maximum atomic E-state index is 8.98. The van der Waals surface area contributed by atoms with Gasteiger partial charge in [-0.05, 0) is 137 Å². The van der Waals surface area contributed by atoms with Gasteiger partial charge in [0.25, 0.3) is 0 Å². The van der Waals surface area contributed by atoms with E-state index in [4.69, 9.17) is 28.6 Å². The molecule has 2 saturated carbocycles. The molecule has 468 valence electrons. The van der Waals surface area contributed by atoms with Crippen LogP contribution in [0, 0.1) is 0 Å². The Morgan fingerprint density at radius 2 is 0.916 bits per heavy atom. The van der Waals surface area contributed by atoms with Crippen LogP contribution in [0.1, 0.15) is 105 Å². The van der Waals surface area contributed by atoms with Crippen LogP contribution in [0.3, 0.4) is 0 Å². The summed E-state index contributed by atoms with van der Waals surface area (Å²) in [6.07, 6.45) is 11.6. The molecule has 3 aliphatic rings. The van der Waals surface area contributed by atoms with Crippen molar-refractivity contribution in [3.05, 3.63) is 114 Å². The molecule has 0 amide bonds. The summed E-state index contributed by atoms with van der Waals surface area (Å²) in [6.45, 7) is 25.7. The van der Waals surface area contributed by atoms with E-state index in [1.807, 2.05) is 84.9 Å². The van der Waals surface area contributed by atoms with Crippen LogP contribution in [0.25, 0.3) is 5.57 Å². The summed E-state index contributed by atoms with van der Waals surface area (Å²) in [6, 6.07) is 15.1. The van der Waals surface area contributed by atoms with Gasteiger partial charge in [0.15, 0.2) is 0 Å². The molecule has 0 aromatic carbocycles. The molecule has 1 saturated heterocycles. The van der Waals surface area contributed by atoms with Crippen molar-refractivity contribution >= 4 is 240 Å². The van der Waals surface area contributed by atoms with E-state index >= 15 is 0 Å². The molecular formula is C45H85BBrN4NaO6P24S-10. The molecule has 7 rings (SSSR count). The van der Waals surface area contributed by atoms with Gasteiger partial charge in [-0.2, -0.15) is 5.75 Å². The first-order valence-electron chi connectivity index (χ1n) is 23.8. The zero-order chi connectivity index (χ0) is 64.4. The van der Waals surface area contributed by atoms with Crippen LogP contribution < -0.4 is 43.8 Å². The number of aromatic hydroxyl groups is 1. The van der Waals surface area contributed by atoms with Gasteiger partial charge in [-0.3, -0.25) is 21.9 Å². The molecule has 8 atom stereocenters. The summed E-state index contributed by atoms with van der Waals surface area (Å²) in [5.41, 5.74) is 5.30. The SMILES string of the molecule is C=C(C)B1OC(C)(C)C(C)(C)O1.C=C(C)c1ccc(OC)cn1.CC1(c2ccc(O)cn2)CC1.CC[S-].COc1ccc(Br)nc1.COc1ccc(C2(C)CC2)nc1.[Na+].[PH-]P(P)P(P)P.[PH-]P([PH-])P(P)P.[PH-]P([PH-])P([PH-])P.[PH-]P([PH-])P([PH-])[PH-]. The Balaban J connectivity index is -0.000000426. The molecule has 4 aromatic rings. The first kappa shape index (κ1) is 96.8. The Morgan fingerprint density at radius 1 is 0.590 bits per heavy atom. The fourth-order valence-corrected chi connectivity index (χ4v) is 5.00. The molecule has 8 unspecified atom stereocenters. The van der Waals surface area contributed by atoms with Gasteiger partial charge in [-0.15, -0.1) is 67.1 Å². The molecular weight excluding hydrogens is 1580 g/mol. The summed E-state index contributed by atoms with van der Waals surface area (Å²) in [5, 5.41) is 8.98. The van der Waals surface area contributed by atoms with Crippen molar-refractivity contribution in [3.8, 4) is 23.0 Å². The number of hydrogen-bond donors (Lipinski definition) is 1. The second-order valence-corrected chi connectivity index (χ2v) is 89.9. The Kier molecular flexibility index (Phi) is 62.3. The molecule has 4 aromatic heterocycles. The van der Waals surface area contributed by atoms with Crippen LogP contribution in [0.2, 0.25) is 0 Å². The quantitative estimate of drug-likeness (QED) is 0.0669. The van der Waals surface area contributed by atoms with E-state index < -0.39 is 0 Å². The van der Waals surface area contributed by atoms with Crippen molar-refractivity contribution in [2.45, 2.75) is 110 Å². The standard InChI is InChI=1S/C10H13NO.C9H17BO2.2C9H11NO.C6H6BrNO.C2H6S.Na.H7P6.H6P6.H5P6.H4P6/c1-10(5-6-10)9-4-3-8(12-2)7-11-9;1-7(2)10-11-8(3,4)9(5,6)12-10;1-9(4-5-9)8-3-2-7(11)6-10-8;1-7(2)9-5-4-8(11-3)6-10-9;1-9-5-2-3-6(7)8-4-5;1-2-3;;4*1-5(2)6(3)4/h3-4,7H,5-6H2,1-2H3;1H2,2-6H3;2-3,6,11H,4-5H2,1H3;4-6H,1H2,2-3H3;2-4H,1H3;3H,2H2,1H3;;1H,2-4H2;1-2H,3-4H2;1-3H,4H2;1-4H/q;;;;;;+1;-1;-2;-3;-4/p-1. The molecule has 5 heterocycles. The molecule has 2 aliphatic carbocycles. The smallest absolute Gasteiger partial charge is 0.793 e. The van der Waals surface area contributed by atoms with Gasteiger partial charge in [0.2, 0.25) is 0 Å². The average molecular weight is 1670 g/mol. The minimum atomic E-state index is -0.241. The molecule has 83 heavy (non-hydrogen) atoms. The number of methoxy groups -OCH3 is 3. The van der Waals surface area contributed by atoms with Crippen LogP contribution in [-0.4, -0.2) is 70.4 Å². The van der Waals surface area contributed by atoms with Gasteiger partial charge in [0, 0.05) is 22.2 Å². The molecule has 0 bridgehead atoms. The van der Waals surface area contributed by atoms with E-state index in [1.165, 1.54) is 37.6 Å². The Hall–Kier alpha value is 7.41. The number of hydrogen-bond acceptors (Lipinski definition) is 11. The van der Waals surface area contributed by atoms with Crippen molar-refractivity contribution in [2.75, 3.05) is 27.1 Å². The average Bonchev–Trinajstić information content (AvgIpc) is 4.34. The van der Waals surface area contributed by atoms with Crippen molar-refractivity contribution in [1.82, 2.24) is 19.9 Å². The summed E-state index contributed by atoms with van der Waals surface area (Å²) in [4.78, 5) is 16.6. The fourth-order valence-electron chi connectivity index (χ4n) is 4.77. The first-order chi connectivity index (χ1) is 37.8. The number of allylic oxidation sites excluding steroid dienone is 2. The maximum Gasteiger partial charge on any atom is 1.00 e. The summed E-state index contributed by atoms with van der Waals surface area (Å²) in [5.74, 6) is 3.47. The van der Waals surface area contributed by atoms with E-state index in [1.54, 1.807) is 46.0 Å². The summed E-state index contributed by atoms with van der Waals surface area (Å²) < 4.78 is 27.1. The third-order valence-electron chi connectivity index (χ3n) is 10.9. The maximum absolute atomic E-state index is 8.98. The van der Waals surface area contributed by atoms with Gasteiger partial charge in [0.05, 0.1) is 63.0 Å². The number of aromatic nitrogens is 4. The molecule has 1 N–H and O–H groups in total. The van der Waals surface area contributed by atoms with Gasteiger partial charge in [0.1, 0.15) is 27.6 Å². The minimum Gasteiger partial charge on any atom is -0.793 e. The Morgan fingerprint density at radius 3 is 1.11 bits per heavy atom. The number of nitrogens with zero attached hydrogens (tertiary/aromatic N) is 4. The molecule has 38 heteroatoms. The minimum absolute atomic E-state index is 0. The number of pyridine rings is 4. The van der Waals surface area contributed by atoms with Crippen LogP contribution in [0.15, 0.2) is 96.6 Å². The number of rotatable bonds is 11. The van der Waals surface area contributed by atoms with E-state index in [-0.39, 0.29) is 110 Å². The van der Waals surface area contributed by atoms with E-state index in [9.17, 15) is 0 Å². The van der Waals surface area contributed by atoms with Crippen molar-refractivity contribution < 1.29 is 58.2 Å². The van der Waals surface area contributed by atoms with Gasteiger partial charge < -0.3 is 158 Å². The zero-order valence-corrected chi connectivity index (χ0v) is 78.0. The zero-order valence-electron chi connectivity index (χ0n) is 49.6. The predicted octanol–water partition coefficient (Wildman–Crippen LogP) is 22.5. The summed E-state index contributed by atoms with van der Waals surface area (Å²) >= 11 is 7.60. The van der Waals surface area contributed by atoms with Crippen LogP contribution >= 0.6 is 215 Å². The second-order valence-electron chi connectivity index (χ2n) is 18.4. The molecule has 1 aliphatic heterocycles. The van der Waals surface area contributed by atoms with Gasteiger partial charge >= 0.3 is 36.7 Å². The third kappa shape index (κ3) is 48.7. The molecule has 10 nitrogen and oxygen atoms in total. The van der Waals surface area contributed by atoms with Crippen molar-refractivity contribution in [2.24, 2.45) is 0 Å². The largest absolute Gasteiger partial charge is 1.00 e. The molecule has 0 radical (unpaired) electrons. The second kappa shape index (κ2) is 53.4. The number of halogens is 1. The number of ether oxygens (including phenoxy) is 3. The Bertz CT molecular complexity index is 2230. The van der Waals surface area contributed by atoms with Crippen molar-refractivity contribution in [1.29, 1.82) is 0 Å². The third-order valence-corrected chi connectivity index (χ3v) is 82.9. The van der Waals surface area contributed by atoms with Gasteiger partial charge in [-0.1, -0.05) is 39.8 Å². The summed E-state index contributed by atoms with van der Waals surface area (Å²) in [7, 11) is 55.3. The van der Waals surface area contributed by atoms with E-state index in [0.717, 1.165) is 50.0 Å². The van der Waals surface area contributed by atoms with Gasteiger partial charge in [-0.25, -0.2) is 12.0 Å². The normalized spacial score (nSPS) is 15.3. The van der Waals surface area contributed by atoms with E-state index in [0.29, 0.717) is 10.8 Å². The van der Waals surface area contributed by atoms with Crippen LogP contribution in [-0.2, 0) is 32.8 Å². The topological polar surface area (TPSA) is 118 Å². The van der Waals surface area contributed by atoms with E-state index in [2.05, 4.69) is 224 Å². The Labute approximate surface area is 585 Å². The molecule has 0 spiro atoms. The van der Waals surface area contributed by atoms with Crippen molar-refractivity contribution in [3.63, 3.8) is 0 Å².